The van der Waals surface area contributed by atoms with E-state index in [0.29, 0.717) is 18.8 Å². The van der Waals surface area contributed by atoms with Crippen molar-refractivity contribution in [3.8, 4) is 5.75 Å². The molecule has 2 aromatic heterocycles. The second kappa shape index (κ2) is 7.87. The number of halogens is 3. The van der Waals surface area contributed by atoms with Crippen LogP contribution in [-0.2, 0) is 12.7 Å². The number of ether oxygens (including phenoxy) is 1. The first-order valence-corrected chi connectivity index (χ1v) is 9.32. The van der Waals surface area contributed by atoms with Gasteiger partial charge in [-0.3, -0.25) is 15.0 Å². The summed E-state index contributed by atoms with van der Waals surface area (Å²) in [5, 5.41) is 6.13. The van der Waals surface area contributed by atoms with Gasteiger partial charge in [-0.1, -0.05) is 18.2 Å². The lowest BCUT2D eigenvalue weighted by atomic mass is 9.86. The normalized spacial score (nSPS) is 20.1. The van der Waals surface area contributed by atoms with E-state index in [1.54, 1.807) is 13.3 Å². The van der Waals surface area contributed by atoms with E-state index < -0.39 is 11.9 Å². The summed E-state index contributed by atoms with van der Waals surface area (Å²) in [4.78, 5) is 6.39. The molecule has 4 rings (SSSR count). The number of H-pyrrole nitrogens is 1. The average Bonchev–Trinajstić information content (AvgIpc) is 3.36. The predicted octanol–water partition coefficient (Wildman–Crippen LogP) is 4.22. The van der Waals surface area contributed by atoms with Crippen LogP contribution < -0.4 is 4.74 Å². The molecule has 1 fully saturated rings. The van der Waals surface area contributed by atoms with Crippen LogP contribution in [0.4, 0.5) is 13.2 Å². The number of methoxy groups -OCH3 is 1. The number of hydrogen-bond acceptors (Lipinski definition) is 4. The standard InChI is InChI=1S/C21H21F3N4O/c1-29-16-6-4-15(5-7-16)17-12-28(11-14-3-2-8-25-10-14)13-18(17)19-9-20(27-26-19)21(22,23)24/h2-10,17-18H,11-13H2,1H3,(H,26,27)/t17-,18+/m0/s1. The number of likely N-dealkylation sites (tertiary alicyclic amines) is 1. The fourth-order valence-corrected chi connectivity index (χ4v) is 3.94. The van der Waals surface area contributed by atoms with Gasteiger partial charge in [-0.05, 0) is 35.4 Å². The molecule has 0 saturated carbocycles. The van der Waals surface area contributed by atoms with Crippen LogP contribution in [0.25, 0.3) is 0 Å². The van der Waals surface area contributed by atoms with Gasteiger partial charge in [0.15, 0.2) is 5.69 Å². The Morgan fingerprint density at radius 1 is 1.14 bits per heavy atom. The minimum atomic E-state index is -4.46. The predicted molar refractivity (Wildman–Crippen MR) is 102 cm³/mol. The molecule has 0 aliphatic carbocycles. The molecule has 1 aliphatic heterocycles. The zero-order valence-corrected chi connectivity index (χ0v) is 15.9. The third-order valence-electron chi connectivity index (χ3n) is 5.36. The summed E-state index contributed by atoms with van der Waals surface area (Å²) in [5.74, 6) is 0.666. The Bertz CT molecular complexity index is 941. The van der Waals surface area contributed by atoms with Gasteiger partial charge in [0, 0.05) is 49.6 Å². The van der Waals surface area contributed by atoms with Gasteiger partial charge in [-0.15, -0.1) is 0 Å². The molecule has 3 aromatic rings. The number of rotatable bonds is 5. The van der Waals surface area contributed by atoms with Gasteiger partial charge in [0.25, 0.3) is 0 Å². The molecule has 0 spiro atoms. The molecule has 0 radical (unpaired) electrons. The van der Waals surface area contributed by atoms with E-state index in [0.717, 1.165) is 29.5 Å². The van der Waals surface area contributed by atoms with E-state index in [9.17, 15) is 13.2 Å². The van der Waals surface area contributed by atoms with E-state index in [1.807, 2.05) is 42.6 Å². The second-order valence-corrected chi connectivity index (χ2v) is 7.25. The summed E-state index contributed by atoms with van der Waals surface area (Å²) in [5.41, 5.74) is 1.76. The van der Waals surface area contributed by atoms with Crippen LogP contribution in [0.1, 0.15) is 34.4 Å². The molecule has 152 valence electrons. The number of nitrogens with zero attached hydrogens (tertiary/aromatic N) is 3. The number of alkyl halides is 3. The molecule has 5 nitrogen and oxygen atoms in total. The summed E-state index contributed by atoms with van der Waals surface area (Å²) in [7, 11) is 1.60. The number of aromatic nitrogens is 3. The van der Waals surface area contributed by atoms with Crippen molar-refractivity contribution in [2.75, 3.05) is 20.2 Å². The number of pyridine rings is 1. The van der Waals surface area contributed by atoms with Crippen molar-refractivity contribution in [3.05, 3.63) is 77.4 Å². The molecule has 1 saturated heterocycles. The van der Waals surface area contributed by atoms with Crippen LogP contribution >= 0.6 is 0 Å². The van der Waals surface area contributed by atoms with E-state index in [-0.39, 0.29) is 11.8 Å². The topological polar surface area (TPSA) is 54.0 Å². The summed E-state index contributed by atoms with van der Waals surface area (Å²) in [6.45, 7) is 2.05. The highest BCUT2D eigenvalue weighted by Gasteiger charge is 2.39. The Morgan fingerprint density at radius 3 is 2.52 bits per heavy atom. The molecule has 3 heterocycles. The van der Waals surface area contributed by atoms with Gasteiger partial charge < -0.3 is 4.74 Å². The number of aromatic amines is 1. The lowest BCUT2D eigenvalue weighted by Crippen LogP contribution is -2.20. The van der Waals surface area contributed by atoms with E-state index >= 15 is 0 Å². The smallest absolute Gasteiger partial charge is 0.435 e. The maximum atomic E-state index is 13.0. The largest absolute Gasteiger partial charge is 0.497 e. The number of hydrogen-bond donors (Lipinski definition) is 1. The van der Waals surface area contributed by atoms with Crippen LogP contribution in [0, 0.1) is 0 Å². The van der Waals surface area contributed by atoms with Gasteiger partial charge in [0.2, 0.25) is 0 Å². The van der Waals surface area contributed by atoms with Crippen molar-refractivity contribution >= 4 is 0 Å². The van der Waals surface area contributed by atoms with Crippen LogP contribution in [0.3, 0.4) is 0 Å². The Hall–Kier alpha value is -2.87. The van der Waals surface area contributed by atoms with E-state index in [4.69, 9.17) is 4.74 Å². The quantitative estimate of drug-likeness (QED) is 0.695. The van der Waals surface area contributed by atoms with Crippen molar-refractivity contribution in [2.45, 2.75) is 24.6 Å². The third-order valence-corrected chi connectivity index (χ3v) is 5.36. The molecular formula is C21H21F3N4O. The highest BCUT2D eigenvalue weighted by Crippen LogP contribution is 2.41. The van der Waals surface area contributed by atoms with E-state index in [1.165, 1.54) is 0 Å². The molecule has 1 N–H and O–H groups in total. The van der Waals surface area contributed by atoms with Gasteiger partial charge in [0.05, 0.1) is 7.11 Å². The monoisotopic (exact) mass is 402 g/mol. The molecule has 0 unspecified atom stereocenters. The molecule has 29 heavy (non-hydrogen) atoms. The van der Waals surface area contributed by atoms with Crippen molar-refractivity contribution < 1.29 is 17.9 Å². The fourth-order valence-electron chi connectivity index (χ4n) is 3.94. The molecule has 8 heteroatoms. The maximum Gasteiger partial charge on any atom is 0.435 e. The Kier molecular flexibility index (Phi) is 5.27. The Balaban J connectivity index is 1.62. The first-order valence-electron chi connectivity index (χ1n) is 9.32. The maximum absolute atomic E-state index is 13.0. The van der Waals surface area contributed by atoms with Crippen LogP contribution in [-0.4, -0.2) is 40.3 Å². The fraction of sp³-hybridized carbons (Fsp3) is 0.333. The molecule has 2 atom stereocenters. The molecule has 0 bridgehead atoms. The zero-order valence-electron chi connectivity index (χ0n) is 15.9. The van der Waals surface area contributed by atoms with Crippen LogP contribution in [0.2, 0.25) is 0 Å². The van der Waals surface area contributed by atoms with Gasteiger partial charge >= 0.3 is 6.18 Å². The molecule has 1 aliphatic rings. The summed E-state index contributed by atoms with van der Waals surface area (Å²) in [6.07, 6.45) is -0.925. The van der Waals surface area contributed by atoms with Crippen molar-refractivity contribution in [3.63, 3.8) is 0 Å². The minimum absolute atomic E-state index is 0.0408. The SMILES string of the molecule is COc1ccc([C@@H]2CN(Cc3cccnc3)C[C@H]2c2cc(C(F)(F)F)n[nH]2)cc1. The molecular weight excluding hydrogens is 381 g/mol. The van der Waals surface area contributed by atoms with Crippen molar-refractivity contribution in [1.29, 1.82) is 0 Å². The van der Waals surface area contributed by atoms with E-state index in [2.05, 4.69) is 20.1 Å². The first-order chi connectivity index (χ1) is 13.9. The van der Waals surface area contributed by atoms with Crippen molar-refractivity contribution in [2.24, 2.45) is 0 Å². The number of benzene rings is 1. The second-order valence-electron chi connectivity index (χ2n) is 7.25. The molecule has 1 aromatic carbocycles. The van der Waals surface area contributed by atoms with Crippen LogP contribution in [0.15, 0.2) is 54.9 Å². The van der Waals surface area contributed by atoms with Gasteiger partial charge in [-0.2, -0.15) is 18.3 Å². The van der Waals surface area contributed by atoms with Gasteiger partial charge in [0.1, 0.15) is 5.75 Å². The first kappa shape index (κ1) is 19.4. The summed E-state index contributed by atoms with van der Waals surface area (Å²) in [6, 6.07) is 12.7. The zero-order chi connectivity index (χ0) is 20.4. The highest BCUT2D eigenvalue weighted by atomic mass is 19.4. The van der Waals surface area contributed by atoms with Gasteiger partial charge in [-0.25, -0.2) is 0 Å². The lowest BCUT2D eigenvalue weighted by molar-refractivity contribution is -0.141. The third kappa shape index (κ3) is 4.27. The highest BCUT2D eigenvalue weighted by molar-refractivity contribution is 5.34. The summed E-state index contributed by atoms with van der Waals surface area (Å²) < 4.78 is 44.4. The Labute approximate surface area is 166 Å². The van der Waals surface area contributed by atoms with Crippen molar-refractivity contribution in [1.82, 2.24) is 20.1 Å². The summed E-state index contributed by atoms with van der Waals surface area (Å²) >= 11 is 0. The average molecular weight is 402 g/mol. The minimum Gasteiger partial charge on any atom is -0.497 e. The van der Waals surface area contributed by atoms with Crippen LogP contribution in [0.5, 0.6) is 5.75 Å². The lowest BCUT2D eigenvalue weighted by Gasteiger charge is -2.18. The number of nitrogens with one attached hydrogen (secondary N) is 1. The molecule has 0 amide bonds. The Morgan fingerprint density at radius 2 is 1.90 bits per heavy atom.